The Morgan fingerprint density at radius 3 is 2.90 bits per heavy atom. The fraction of sp³-hybridized carbons (Fsp3) is 0.357. The number of methoxy groups -OCH3 is 1. The van der Waals surface area contributed by atoms with Crippen molar-refractivity contribution in [2.24, 2.45) is 0 Å². The molecule has 6 heteroatoms. The first kappa shape index (κ1) is 14.2. The van der Waals surface area contributed by atoms with Crippen molar-refractivity contribution in [2.75, 3.05) is 20.3 Å². The number of rotatable bonds is 5. The number of benzene rings is 1. The van der Waals surface area contributed by atoms with Crippen LogP contribution < -0.4 is 10.9 Å². The second-order valence-electron chi connectivity index (χ2n) is 4.42. The van der Waals surface area contributed by atoms with E-state index in [1.807, 2.05) is 18.2 Å². The minimum Gasteiger partial charge on any atom is -0.383 e. The van der Waals surface area contributed by atoms with Gasteiger partial charge in [0.25, 0.3) is 5.56 Å². The van der Waals surface area contributed by atoms with Gasteiger partial charge in [0.1, 0.15) is 12.2 Å². The molecule has 20 heavy (non-hydrogen) atoms. The number of para-hydroxylation sites is 2. The quantitative estimate of drug-likeness (QED) is 0.805. The molecule has 0 aliphatic heterocycles. The second-order valence-corrected chi connectivity index (χ2v) is 4.42. The maximum Gasteiger partial charge on any atom is 0.272 e. The van der Waals surface area contributed by atoms with Crippen LogP contribution in [-0.4, -0.2) is 35.7 Å². The molecule has 0 spiro atoms. The van der Waals surface area contributed by atoms with Gasteiger partial charge in [-0.3, -0.25) is 14.2 Å². The van der Waals surface area contributed by atoms with Crippen LogP contribution >= 0.6 is 0 Å². The van der Waals surface area contributed by atoms with Crippen LogP contribution in [0.15, 0.2) is 29.1 Å². The molecule has 1 aromatic heterocycles. The Balaban J connectivity index is 2.31. The molecule has 6 nitrogen and oxygen atoms in total. The number of ether oxygens (including phenoxy) is 1. The SMILES string of the molecule is COCCNC(=O)Cn1c(=O)c(C)nc2ccccc21. The maximum atomic E-state index is 12.1. The number of amides is 1. The number of carbonyl (C=O) groups excluding carboxylic acids is 1. The molecule has 0 bridgehead atoms. The van der Waals surface area contributed by atoms with Gasteiger partial charge < -0.3 is 10.1 Å². The highest BCUT2D eigenvalue weighted by Crippen LogP contribution is 2.09. The van der Waals surface area contributed by atoms with Crippen LogP contribution in [0.3, 0.4) is 0 Å². The molecule has 0 unspecified atom stereocenters. The Hall–Kier alpha value is -2.21. The van der Waals surface area contributed by atoms with Crippen molar-refractivity contribution in [1.82, 2.24) is 14.9 Å². The van der Waals surface area contributed by atoms with Crippen LogP contribution in [0.25, 0.3) is 11.0 Å². The lowest BCUT2D eigenvalue weighted by Crippen LogP contribution is -2.35. The number of hydrogen-bond donors (Lipinski definition) is 1. The average molecular weight is 275 g/mol. The van der Waals surface area contributed by atoms with Crippen molar-refractivity contribution in [3.8, 4) is 0 Å². The number of fused-ring (bicyclic) bond motifs is 1. The average Bonchev–Trinajstić information content (AvgIpc) is 2.44. The summed E-state index contributed by atoms with van der Waals surface area (Å²) >= 11 is 0. The summed E-state index contributed by atoms with van der Waals surface area (Å²) in [6.07, 6.45) is 0. The number of nitrogens with zero attached hydrogens (tertiary/aromatic N) is 2. The predicted octanol–water partition coefficient (Wildman–Crippen LogP) is 0.468. The molecule has 1 N–H and O–H groups in total. The third-order valence-electron chi connectivity index (χ3n) is 2.95. The zero-order valence-electron chi connectivity index (χ0n) is 11.5. The van der Waals surface area contributed by atoms with Crippen LogP contribution in [0.4, 0.5) is 0 Å². The van der Waals surface area contributed by atoms with Gasteiger partial charge in [0.15, 0.2) is 0 Å². The van der Waals surface area contributed by atoms with Gasteiger partial charge in [-0.1, -0.05) is 12.1 Å². The van der Waals surface area contributed by atoms with Gasteiger partial charge in [-0.2, -0.15) is 0 Å². The third-order valence-corrected chi connectivity index (χ3v) is 2.95. The Labute approximate surface area is 116 Å². The van der Waals surface area contributed by atoms with Crippen molar-refractivity contribution < 1.29 is 9.53 Å². The Morgan fingerprint density at radius 2 is 2.15 bits per heavy atom. The van der Waals surface area contributed by atoms with E-state index >= 15 is 0 Å². The summed E-state index contributed by atoms with van der Waals surface area (Å²) in [5.74, 6) is -0.222. The third kappa shape index (κ3) is 3.03. The second kappa shape index (κ2) is 6.29. The van der Waals surface area contributed by atoms with Gasteiger partial charge in [-0.15, -0.1) is 0 Å². The molecular weight excluding hydrogens is 258 g/mol. The molecule has 0 saturated carbocycles. The van der Waals surface area contributed by atoms with E-state index in [0.717, 1.165) is 0 Å². The van der Waals surface area contributed by atoms with E-state index in [4.69, 9.17) is 4.74 Å². The first-order valence-corrected chi connectivity index (χ1v) is 6.35. The Morgan fingerprint density at radius 1 is 1.40 bits per heavy atom. The van der Waals surface area contributed by atoms with Crippen molar-refractivity contribution in [2.45, 2.75) is 13.5 Å². The molecular formula is C14H17N3O3. The zero-order valence-corrected chi connectivity index (χ0v) is 11.5. The van der Waals surface area contributed by atoms with Gasteiger partial charge >= 0.3 is 0 Å². The van der Waals surface area contributed by atoms with Crippen LogP contribution in [0.2, 0.25) is 0 Å². The van der Waals surface area contributed by atoms with Crippen LogP contribution in [0.5, 0.6) is 0 Å². The van der Waals surface area contributed by atoms with Crippen LogP contribution in [0, 0.1) is 6.92 Å². The fourth-order valence-corrected chi connectivity index (χ4v) is 1.97. The van der Waals surface area contributed by atoms with Crippen molar-refractivity contribution >= 4 is 16.9 Å². The van der Waals surface area contributed by atoms with Crippen molar-refractivity contribution in [3.63, 3.8) is 0 Å². The van der Waals surface area contributed by atoms with Gasteiger partial charge in [-0.05, 0) is 19.1 Å². The molecule has 1 heterocycles. The molecule has 1 aromatic carbocycles. The number of nitrogens with one attached hydrogen (secondary N) is 1. The summed E-state index contributed by atoms with van der Waals surface area (Å²) in [6, 6.07) is 7.27. The normalized spacial score (nSPS) is 10.7. The van der Waals surface area contributed by atoms with Crippen molar-refractivity contribution in [3.05, 3.63) is 40.3 Å². The van der Waals surface area contributed by atoms with Gasteiger partial charge in [0.05, 0.1) is 17.6 Å². The molecule has 0 aliphatic rings. The van der Waals surface area contributed by atoms with E-state index in [0.29, 0.717) is 29.9 Å². The molecule has 0 fully saturated rings. The first-order valence-electron chi connectivity index (χ1n) is 6.35. The minimum absolute atomic E-state index is 0.0214. The first-order chi connectivity index (χ1) is 9.63. The summed E-state index contributed by atoms with van der Waals surface area (Å²) in [4.78, 5) is 28.2. The van der Waals surface area contributed by atoms with E-state index in [2.05, 4.69) is 10.3 Å². The topological polar surface area (TPSA) is 73.2 Å². The van der Waals surface area contributed by atoms with E-state index in [1.165, 1.54) is 4.57 Å². The van der Waals surface area contributed by atoms with E-state index < -0.39 is 0 Å². The molecule has 106 valence electrons. The Bertz CT molecular complexity index is 679. The van der Waals surface area contributed by atoms with E-state index in [9.17, 15) is 9.59 Å². The number of carbonyl (C=O) groups is 1. The Kier molecular flexibility index (Phi) is 4.47. The number of aromatic nitrogens is 2. The lowest BCUT2D eigenvalue weighted by Gasteiger charge is -2.11. The molecule has 1 amide bonds. The highest BCUT2D eigenvalue weighted by Gasteiger charge is 2.10. The van der Waals surface area contributed by atoms with Crippen molar-refractivity contribution in [1.29, 1.82) is 0 Å². The lowest BCUT2D eigenvalue weighted by molar-refractivity contribution is -0.121. The number of aryl methyl sites for hydroxylation is 1. The molecule has 0 saturated heterocycles. The smallest absolute Gasteiger partial charge is 0.272 e. The number of hydrogen-bond acceptors (Lipinski definition) is 4. The van der Waals surface area contributed by atoms with Crippen LogP contribution in [0.1, 0.15) is 5.69 Å². The summed E-state index contributed by atoms with van der Waals surface area (Å²) in [5, 5.41) is 2.70. The highest BCUT2D eigenvalue weighted by molar-refractivity contribution is 5.80. The fourth-order valence-electron chi connectivity index (χ4n) is 1.97. The largest absolute Gasteiger partial charge is 0.383 e. The maximum absolute atomic E-state index is 12.1. The molecule has 0 aliphatic carbocycles. The van der Waals surface area contributed by atoms with Gasteiger partial charge in [0.2, 0.25) is 5.91 Å². The van der Waals surface area contributed by atoms with E-state index in [-0.39, 0.29) is 18.0 Å². The predicted molar refractivity (Wildman–Crippen MR) is 75.6 cm³/mol. The summed E-state index contributed by atoms with van der Waals surface area (Å²) in [7, 11) is 1.57. The summed E-state index contributed by atoms with van der Waals surface area (Å²) in [6.45, 7) is 2.49. The van der Waals surface area contributed by atoms with Gasteiger partial charge in [-0.25, -0.2) is 4.98 Å². The molecule has 0 radical (unpaired) electrons. The van der Waals surface area contributed by atoms with E-state index in [1.54, 1.807) is 20.1 Å². The minimum atomic E-state index is -0.245. The summed E-state index contributed by atoms with van der Waals surface area (Å²) in [5.41, 5.74) is 1.50. The lowest BCUT2D eigenvalue weighted by atomic mass is 10.2. The summed E-state index contributed by atoms with van der Waals surface area (Å²) < 4.78 is 6.31. The molecule has 0 atom stereocenters. The zero-order chi connectivity index (χ0) is 14.5. The van der Waals surface area contributed by atoms with Crippen LogP contribution in [-0.2, 0) is 16.1 Å². The standard InChI is InChI=1S/C14H17N3O3/c1-10-14(19)17(9-13(18)15-7-8-20-2)12-6-4-3-5-11(12)16-10/h3-6H,7-9H2,1-2H3,(H,15,18). The monoisotopic (exact) mass is 275 g/mol. The van der Waals surface area contributed by atoms with Gasteiger partial charge in [0, 0.05) is 13.7 Å². The molecule has 2 aromatic rings. The molecule has 2 rings (SSSR count). The highest BCUT2D eigenvalue weighted by atomic mass is 16.5.